The normalized spacial score (nSPS) is 15.2. The third-order valence-electron chi connectivity index (χ3n) is 2.78. The zero-order valence-electron chi connectivity index (χ0n) is 11.0. The molecule has 0 rings (SSSR count). The van der Waals surface area contributed by atoms with Crippen LogP contribution < -0.4 is 5.32 Å². The van der Waals surface area contributed by atoms with Crippen LogP contribution in [-0.4, -0.2) is 25.8 Å². The van der Waals surface area contributed by atoms with Crippen LogP contribution in [0.15, 0.2) is 0 Å². The lowest BCUT2D eigenvalue weighted by molar-refractivity contribution is -0.00727. The van der Waals surface area contributed by atoms with Gasteiger partial charge in [-0.05, 0) is 26.8 Å². The van der Waals surface area contributed by atoms with Crippen LogP contribution in [0.25, 0.3) is 0 Å². The van der Waals surface area contributed by atoms with Gasteiger partial charge in [-0.15, -0.1) is 0 Å². The maximum Gasteiger partial charge on any atom is 0.0700 e. The van der Waals surface area contributed by atoms with E-state index in [2.05, 4.69) is 26.1 Å². The largest absolute Gasteiger partial charge is 0.374 e. The maximum atomic E-state index is 5.96. The fraction of sp³-hybridized carbons (Fsp3) is 1.00. The summed E-state index contributed by atoms with van der Waals surface area (Å²) in [6.07, 6.45) is 8.45. The molecule has 0 amide bonds. The second-order valence-electron chi connectivity index (χ2n) is 4.38. The van der Waals surface area contributed by atoms with Crippen LogP contribution in [0, 0.1) is 0 Å². The third-order valence-corrected chi connectivity index (χ3v) is 2.78. The SMILES string of the molecule is CCCCCCC(C)OC(CC)CNC. The summed E-state index contributed by atoms with van der Waals surface area (Å²) in [6, 6.07) is 0. The van der Waals surface area contributed by atoms with E-state index in [1.54, 1.807) is 0 Å². The second-order valence-corrected chi connectivity index (χ2v) is 4.38. The summed E-state index contributed by atoms with van der Waals surface area (Å²) in [6.45, 7) is 7.60. The monoisotopic (exact) mass is 215 g/mol. The molecule has 1 N–H and O–H groups in total. The molecule has 0 saturated carbocycles. The molecule has 2 unspecified atom stereocenters. The zero-order chi connectivity index (χ0) is 11.5. The predicted molar refractivity (Wildman–Crippen MR) is 67.3 cm³/mol. The number of ether oxygens (including phenoxy) is 1. The van der Waals surface area contributed by atoms with Crippen molar-refractivity contribution < 1.29 is 4.74 Å². The minimum Gasteiger partial charge on any atom is -0.374 e. The minimum atomic E-state index is 0.385. The van der Waals surface area contributed by atoms with Crippen LogP contribution in [0.4, 0.5) is 0 Å². The van der Waals surface area contributed by atoms with Crippen LogP contribution >= 0.6 is 0 Å². The third kappa shape index (κ3) is 8.88. The van der Waals surface area contributed by atoms with Crippen LogP contribution in [-0.2, 0) is 4.74 Å². The van der Waals surface area contributed by atoms with Gasteiger partial charge in [0.2, 0.25) is 0 Å². The van der Waals surface area contributed by atoms with Gasteiger partial charge >= 0.3 is 0 Å². The van der Waals surface area contributed by atoms with Crippen LogP contribution in [0.5, 0.6) is 0 Å². The predicted octanol–water partition coefficient (Wildman–Crippen LogP) is 3.36. The molecule has 2 atom stereocenters. The number of likely N-dealkylation sites (N-methyl/N-ethyl adjacent to an activating group) is 1. The molecule has 0 saturated heterocycles. The summed E-state index contributed by atoms with van der Waals surface area (Å²) >= 11 is 0. The average molecular weight is 215 g/mol. The molecule has 2 heteroatoms. The summed E-state index contributed by atoms with van der Waals surface area (Å²) in [5.41, 5.74) is 0. The second kappa shape index (κ2) is 10.4. The highest BCUT2D eigenvalue weighted by atomic mass is 16.5. The standard InChI is InChI=1S/C13H29NO/c1-5-7-8-9-10-12(3)15-13(6-2)11-14-4/h12-14H,5-11H2,1-4H3. The highest BCUT2D eigenvalue weighted by Gasteiger charge is 2.10. The highest BCUT2D eigenvalue weighted by molar-refractivity contribution is 4.61. The Morgan fingerprint density at radius 3 is 2.40 bits per heavy atom. The number of hydrogen-bond acceptors (Lipinski definition) is 2. The Morgan fingerprint density at radius 1 is 1.13 bits per heavy atom. The van der Waals surface area contributed by atoms with Gasteiger partial charge in [-0.2, -0.15) is 0 Å². The molecule has 0 aliphatic carbocycles. The van der Waals surface area contributed by atoms with Gasteiger partial charge in [0.15, 0.2) is 0 Å². The van der Waals surface area contributed by atoms with Crippen LogP contribution in [0.3, 0.4) is 0 Å². The first-order valence-corrected chi connectivity index (χ1v) is 6.54. The highest BCUT2D eigenvalue weighted by Crippen LogP contribution is 2.10. The van der Waals surface area contributed by atoms with Crippen molar-refractivity contribution >= 4 is 0 Å². The molecule has 0 aromatic heterocycles. The first-order chi connectivity index (χ1) is 7.24. The van der Waals surface area contributed by atoms with Crippen molar-refractivity contribution in [1.29, 1.82) is 0 Å². The molecule has 2 nitrogen and oxygen atoms in total. The molecule has 0 fully saturated rings. The Bertz CT molecular complexity index is 128. The molecular weight excluding hydrogens is 186 g/mol. The molecule has 0 heterocycles. The van der Waals surface area contributed by atoms with E-state index in [1.165, 1.54) is 32.1 Å². The topological polar surface area (TPSA) is 21.3 Å². The van der Waals surface area contributed by atoms with E-state index < -0.39 is 0 Å². The smallest absolute Gasteiger partial charge is 0.0700 e. The van der Waals surface area contributed by atoms with Crippen molar-refractivity contribution in [2.24, 2.45) is 0 Å². The van der Waals surface area contributed by atoms with Crippen molar-refractivity contribution in [2.45, 2.75) is 71.5 Å². The molecular formula is C13H29NO. The lowest BCUT2D eigenvalue weighted by atomic mass is 10.1. The van der Waals surface area contributed by atoms with Gasteiger partial charge in [-0.3, -0.25) is 0 Å². The van der Waals surface area contributed by atoms with E-state index in [1.807, 2.05) is 7.05 Å². The molecule has 0 bridgehead atoms. The Balaban J connectivity index is 3.47. The quantitative estimate of drug-likeness (QED) is 0.564. The van der Waals surface area contributed by atoms with Crippen LogP contribution in [0.1, 0.15) is 59.3 Å². The molecule has 0 aromatic rings. The Hall–Kier alpha value is -0.0800. The average Bonchev–Trinajstić information content (AvgIpc) is 2.24. The summed E-state index contributed by atoms with van der Waals surface area (Å²) in [7, 11) is 1.98. The summed E-state index contributed by atoms with van der Waals surface area (Å²) in [5, 5.41) is 3.18. The Morgan fingerprint density at radius 2 is 1.87 bits per heavy atom. The van der Waals surface area contributed by atoms with E-state index in [4.69, 9.17) is 4.74 Å². The van der Waals surface area contributed by atoms with Crippen LogP contribution in [0.2, 0.25) is 0 Å². The lowest BCUT2D eigenvalue weighted by Gasteiger charge is -2.21. The molecule has 0 aliphatic heterocycles. The van der Waals surface area contributed by atoms with E-state index in [0.717, 1.165) is 13.0 Å². The Labute approximate surface area is 95.8 Å². The van der Waals surface area contributed by atoms with E-state index in [0.29, 0.717) is 12.2 Å². The summed E-state index contributed by atoms with van der Waals surface area (Å²) < 4.78 is 5.96. The van der Waals surface area contributed by atoms with E-state index in [9.17, 15) is 0 Å². The molecule has 0 aliphatic rings. The van der Waals surface area contributed by atoms with Gasteiger partial charge in [0.05, 0.1) is 12.2 Å². The Kier molecular flexibility index (Phi) is 10.4. The first-order valence-electron chi connectivity index (χ1n) is 6.54. The fourth-order valence-corrected chi connectivity index (χ4v) is 1.77. The van der Waals surface area contributed by atoms with Crippen molar-refractivity contribution in [3.05, 3.63) is 0 Å². The number of rotatable bonds is 10. The van der Waals surface area contributed by atoms with Crippen molar-refractivity contribution in [2.75, 3.05) is 13.6 Å². The number of unbranched alkanes of at least 4 members (excludes halogenated alkanes) is 3. The van der Waals surface area contributed by atoms with E-state index >= 15 is 0 Å². The minimum absolute atomic E-state index is 0.385. The van der Waals surface area contributed by atoms with Gasteiger partial charge < -0.3 is 10.1 Å². The van der Waals surface area contributed by atoms with Crippen molar-refractivity contribution in [3.63, 3.8) is 0 Å². The molecule has 0 radical (unpaired) electrons. The molecule has 15 heavy (non-hydrogen) atoms. The molecule has 0 aromatic carbocycles. The maximum absolute atomic E-state index is 5.96. The van der Waals surface area contributed by atoms with Gasteiger partial charge in [-0.1, -0.05) is 39.5 Å². The van der Waals surface area contributed by atoms with Gasteiger partial charge in [-0.25, -0.2) is 0 Å². The fourth-order valence-electron chi connectivity index (χ4n) is 1.77. The van der Waals surface area contributed by atoms with Gasteiger partial charge in [0, 0.05) is 6.54 Å². The summed E-state index contributed by atoms with van der Waals surface area (Å²) in [4.78, 5) is 0. The van der Waals surface area contributed by atoms with Gasteiger partial charge in [0.25, 0.3) is 0 Å². The van der Waals surface area contributed by atoms with Crippen molar-refractivity contribution in [1.82, 2.24) is 5.32 Å². The molecule has 0 spiro atoms. The van der Waals surface area contributed by atoms with Crippen molar-refractivity contribution in [3.8, 4) is 0 Å². The number of nitrogens with one attached hydrogen (secondary N) is 1. The van der Waals surface area contributed by atoms with E-state index in [-0.39, 0.29) is 0 Å². The summed E-state index contributed by atoms with van der Waals surface area (Å²) in [5.74, 6) is 0. The molecule has 92 valence electrons. The number of hydrogen-bond donors (Lipinski definition) is 1. The lowest BCUT2D eigenvalue weighted by Crippen LogP contribution is -2.29. The zero-order valence-corrected chi connectivity index (χ0v) is 11.0. The van der Waals surface area contributed by atoms with Gasteiger partial charge in [0.1, 0.15) is 0 Å². The first kappa shape index (κ1) is 14.9.